The van der Waals surface area contributed by atoms with Crippen LogP contribution in [0.5, 0.6) is 0 Å². The molecule has 1 aliphatic heterocycles. The predicted octanol–water partition coefficient (Wildman–Crippen LogP) is 3.01. The number of rotatable bonds is 5. The monoisotopic (exact) mass is 408 g/mol. The highest BCUT2D eigenvalue weighted by Crippen LogP contribution is 2.28. The van der Waals surface area contributed by atoms with Crippen LogP contribution in [0, 0.1) is 5.82 Å². The third kappa shape index (κ3) is 4.53. The number of carbonyl (C=O) groups is 2. The third-order valence-electron chi connectivity index (χ3n) is 5.16. The molecule has 2 amide bonds. The van der Waals surface area contributed by atoms with E-state index in [1.807, 2.05) is 6.07 Å². The maximum absolute atomic E-state index is 13.4. The van der Waals surface area contributed by atoms with E-state index in [0.29, 0.717) is 48.8 Å². The Kier molecular flexibility index (Phi) is 5.83. The lowest BCUT2D eigenvalue weighted by Crippen LogP contribution is -2.43. The van der Waals surface area contributed by atoms with Gasteiger partial charge < -0.3 is 14.7 Å². The molecule has 1 fully saturated rings. The van der Waals surface area contributed by atoms with Gasteiger partial charge in [0, 0.05) is 30.1 Å². The van der Waals surface area contributed by atoms with E-state index >= 15 is 0 Å². The van der Waals surface area contributed by atoms with Crippen LogP contribution in [0.4, 0.5) is 4.39 Å². The van der Waals surface area contributed by atoms with Crippen molar-refractivity contribution < 1.29 is 18.5 Å². The average molecular weight is 408 g/mol. The number of hydrogen-bond donors (Lipinski definition) is 1. The Morgan fingerprint density at radius 2 is 1.87 bits per heavy atom. The van der Waals surface area contributed by atoms with E-state index in [4.69, 9.17) is 4.52 Å². The van der Waals surface area contributed by atoms with Crippen LogP contribution in [0.15, 0.2) is 59.1 Å². The Morgan fingerprint density at radius 1 is 1.10 bits per heavy atom. The summed E-state index contributed by atoms with van der Waals surface area (Å²) < 4.78 is 18.8. The van der Waals surface area contributed by atoms with Crippen LogP contribution >= 0.6 is 0 Å². The first kappa shape index (κ1) is 19.8. The number of carbonyl (C=O) groups excluding carboxylic acids is 2. The maximum Gasteiger partial charge on any atom is 0.251 e. The molecule has 2 aromatic carbocycles. The van der Waals surface area contributed by atoms with Gasteiger partial charge in [-0.15, -0.1) is 0 Å². The first-order chi connectivity index (χ1) is 14.6. The smallest absolute Gasteiger partial charge is 0.251 e. The van der Waals surface area contributed by atoms with Gasteiger partial charge in [0.1, 0.15) is 5.82 Å². The molecule has 0 radical (unpaired) electrons. The van der Waals surface area contributed by atoms with E-state index in [2.05, 4.69) is 15.5 Å². The number of aromatic nitrogens is 2. The molecule has 3 aromatic rings. The summed E-state index contributed by atoms with van der Waals surface area (Å²) in [4.78, 5) is 30.6. The lowest BCUT2D eigenvalue weighted by atomic mass is 9.96. The van der Waals surface area contributed by atoms with Gasteiger partial charge in [-0.05, 0) is 37.1 Å². The molecule has 1 saturated heterocycles. The van der Waals surface area contributed by atoms with Gasteiger partial charge in [-0.25, -0.2) is 4.39 Å². The fourth-order valence-electron chi connectivity index (χ4n) is 3.48. The summed E-state index contributed by atoms with van der Waals surface area (Å²) in [5.41, 5.74) is 1.08. The number of halogens is 1. The Labute approximate surface area is 172 Å². The van der Waals surface area contributed by atoms with Gasteiger partial charge in [-0.3, -0.25) is 9.59 Å². The largest absolute Gasteiger partial charge is 0.343 e. The number of amides is 2. The highest BCUT2D eigenvalue weighted by Gasteiger charge is 2.27. The van der Waals surface area contributed by atoms with Crippen molar-refractivity contribution in [1.82, 2.24) is 20.4 Å². The summed E-state index contributed by atoms with van der Waals surface area (Å²) in [6.07, 6.45) is 1.37. The number of piperidine rings is 1. The second-order valence-corrected chi connectivity index (χ2v) is 7.17. The Bertz CT molecular complexity index is 1030. The van der Waals surface area contributed by atoms with Gasteiger partial charge in [0.2, 0.25) is 17.6 Å². The first-order valence-corrected chi connectivity index (χ1v) is 9.81. The zero-order valence-electron chi connectivity index (χ0n) is 16.3. The maximum atomic E-state index is 13.4. The van der Waals surface area contributed by atoms with Crippen LogP contribution in [0.3, 0.4) is 0 Å². The van der Waals surface area contributed by atoms with Crippen LogP contribution in [0.25, 0.3) is 11.4 Å². The molecule has 8 heteroatoms. The molecule has 0 spiro atoms. The van der Waals surface area contributed by atoms with Gasteiger partial charge in [0.05, 0.1) is 6.54 Å². The molecule has 0 bridgehead atoms. The van der Waals surface area contributed by atoms with Crippen molar-refractivity contribution in [3.05, 3.63) is 71.9 Å². The molecule has 0 unspecified atom stereocenters. The quantitative estimate of drug-likeness (QED) is 0.701. The van der Waals surface area contributed by atoms with E-state index in [1.54, 1.807) is 41.3 Å². The van der Waals surface area contributed by atoms with Crippen molar-refractivity contribution in [1.29, 1.82) is 0 Å². The van der Waals surface area contributed by atoms with E-state index in [0.717, 1.165) is 0 Å². The molecule has 1 aromatic heterocycles. The van der Waals surface area contributed by atoms with Gasteiger partial charge in [-0.2, -0.15) is 4.98 Å². The normalized spacial score (nSPS) is 14.5. The molecule has 1 aliphatic rings. The molecule has 7 nitrogen and oxygen atoms in total. The summed E-state index contributed by atoms with van der Waals surface area (Å²) in [7, 11) is 0. The summed E-state index contributed by atoms with van der Waals surface area (Å²) in [6, 6.07) is 14.8. The average Bonchev–Trinajstić information content (AvgIpc) is 3.28. The Hall–Kier alpha value is -3.55. The van der Waals surface area contributed by atoms with Crippen molar-refractivity contribution in [3.63, 3.8) is 0 Å². The van der Waals surface area contributed by atoms with Gasteiger partial charge in [-0.1, -0.05) is 35.5 Å². The lowest BCUT2D eigenvalue weighted by molar-refractivity contribution is -0.131. The highest BCUT2D eigenvalue weighted by atomic mass is 19.1. The summed E-state index contributed by atoms with van der Waals surface area (Å²) >= 11 is 0. The molecular weight excluding hydrogens is 387 g/mol. The SMILES string of the molecule is O=C(NCC(=O)N1CCC(c2nc(-c3cccc(F)c3)no2)CC1)c1ccccc1. The molecular formula is C22H21FN4O3. The Morgan fingerprint density at radius 3 is 2.60 bits per heavy atom. The van der Waals surface area contributed by atoms with Crippen LogP contribution < -0.4 is 5.32 Å². The molecule has 0 aliphatic carbocycles. The van der Waals surface area contributed by atoms with E-state index in [1.165, 1.54) is 12.1 Å². The van der Waals surface area contributed by atoms with Crippen molar-refractivity contribution in [3.8, 4) is 11.4 Å². The number of benzene rings is 2. The fourth-order valence-corrected chi connectivity index (χ4v) is 3.48. The summed E-state index contributed by atoms with van der Waals surface area (Å²) in [6.45, 7) is 1.05. The molecule has 0 atom stereocenters. The molecule has 154 valence electrons. The summed E-state index contributed by atoms with van der Waals surface area (Å²) in [5.74, 6) is 0.149. The van der Waals surface area contributed by atoms with Gasteiger partial charge in [0.25, 0.3) is 5.91 Å². The number of nitrogens with one attached hydrogen (secondary N) is 1. The van der Waals surface area contributed by atoms with E-state index in [9.17, 15) is 14.0 Å². The third-order valence-corrected chi connectivity index (χ3v) is 5.16. The number of likely N-dealkylation sites (tertiary alicyclic amines) is 1. The van der Waals surface area contributed by atoms with Crippen molar-refractivity contribution in [2.24, 2.45) is 0 Å². The van der Waals surface area contributed by atoms with Crippen LogP contribution in [-0.2, 0) is 4.79 Å². The van der Waals surface area contributed by atoms with Crippen molar-refractivity contribution in [2.75, 3.05) is 19.6 Å². The van der Waals surface area contributed by atoms with Crippen LogP contribution in [0.1, 0.15) is 35.0 Å². The minimum atomic E-state index is -0.356. The zero-order valence-corrected chi connectivity index (χ0v) is 16.3. The summed E-state index contributed by atoms with van der Waals surface area (Å²) in [5, 5.41) is 6.62. The second kappa shape index (κ2) is 8.86. The van der Waals surface area contributed by atoms with Crippen LogP contribution in [0.2, 0.25) is 0 Å². The minimum absolute atomic E-state index is 0.0390. The van der Waals surface area contributed by atoms with Crippen LogP contribution in [-0.4, -0.2) is 46.5 Å². The van der Waals surface area contributed by atoms with Crippen molar-refractivity contribution >= 4 is 11.8 Å². The predicted molar refractivity (Wildman–Crippen MR) is 107 cm³/mol. The minimum Gasteiger partial charge on any atom is -0.343 e. The molecule has 2 heterocycles. The number of hydrogen-bond acceptors (Lipinski definition) is 5. The molecule has 4 rings (SSSR count). The van der Waals surface area contributed by atoms with Gasteiger partial charge >= 0.3 is 0 Å². The standard InChI is InChI=1S/C22H21FN4O3/c23-18-8-4-7-17(13-18)20-25-22(30-26-20)16-9-11-27(12-10-16)19(28)14-24-21(29)15-5-2-1-3-6-15/h1-8,13,16H,9-12,14H2,(H,24,29). The van der Waals surface area contributed by atoms with E-state index in [-0.39, 0.29) is 30.1 Å². The first-order valence-electron chi connectivity index (χ1n) is 9.81. The number of nitrogens with zero attached hydrogens (tertiary/aromatic N) is 3. The van der Waals surface area contributed by atoms with Gasteiger partial charge in [0.15, 0.2) is 0 Å². The topological polar surface area (TPSA) is 88.3 Å². The Balaban J connectivity index is 1.29. The molecule has 0 saturated carbocycles. The molecule has 1 N–H and O–H groups in total. The lowest BCUT2D eigenvalue weighted by Gasteiger charge is -2.30. The highest BCUT2D eigenvalue weighted by molar-refractivity contribution is 5.96. The second-order valence-electron chi connectivity index (χ2n) is 7.17. The van der Waals surface area contributed by atoms with E-state index < -0.39 is 0 Å². The zero-order chi connectivity index (χ0) is 20.9. The molecule has 30 heavy (non-hydrogen) atoms. The fraction of sp³-hybridized carbons (Fsp3) is 0.273. The van der Waals surface area contributed by atoms with Crippen molar-refractivity contribution in [2.45, 2.75) is 18.8 Å².